The summed E-state index contributed by atoms with van der Waals surface area (Å²) in [5, 5.41) is 31.0. The van der Waals surface area contributed by atoms with Crippen molar-refractivity contribution in [1.29, 1.82) is 0 Å². The van der Waals surface area contributed by atoms with Gasteiger partial charge in [0.2, 0.25) is 5.91 Å². The van der Waals surface area contributed by atoms with Gasteiger partial charge >= 0.3 is 11.9 Å². The van der Waals surface area contributed by atoms with Crippen LogP contribution < -0.4 is 5.32 Å². The van der Waals surface area contributed by atoms with Crippen LogP contribution in [0, 0.1) is 0 Å². The first-order valence-corrected chi connectivity index (χ1v) is 17.9. The van der Waals surface area contributed by atoms with Gasteiger partial charge in [0.1, 0.15) is 0 Å². The van der Waals surface area contributed by atoms with Gasteiger partial charge < -0.3 is 30.1 Å². The smallest absolute Gasteiger partial charge is 0.336 e. The minimum absolute atomic E-state index is 0.0260. The zero-order valence-electron chi connectivity index (χ0n) is 27.8. The van der Waals surface area contributed by atoms with Gasteiger partial charge in [-0.2, -0.15) is 0 Å². The SMILES string of the molecule is O=C(O)CCCCCCC(=O)NCc1cccc(-c2cccc(C3OC(CSc4ccccc4C(=O)O)CC(c4ccc(CO)cc4)O3)c2)c1. The lowest BCUT2D eigenvalue weighted by atomic mass is 9.99. The summed E-state index contributed by atoms with van der Waals surface area (Å²) >= 11 is 1.45. The molecule has 1 aliphatic rings. The summed E-state index contributed by atoms with van der Waals surface area (Å²) in [6.07, 6.45) is 2.97. The molecule has 3 unspecified atom stereocenters. The Bertz CT molecular complexity index is 1740. The van der Waals surface area contributed by atoms with E-state index in [1.807, 2.05) is 78.9 Å². The number of nitrogens with one attached hydrogen (secondary N) is 1. The number of aliphatic carboxylic acids is 1. The third-order valence-corrected chi connectivity index (χ3v) is 9.82. The van der Waals surface area contributed by atoms with E-state index in [4.69, 9.17) is 14.6 Å². The Hall–Kier alpha value is -4.48. The molecule has 0 aliphatic carbocycles. The molecule has 5 rings (SSSR count). The topological polar surface area (TPSA) is 142 Å². The third kappa shape index (κ3) is 10.8. The second kappa shape index (κ2) is 18.5. The molecule has 0 bridgehead atoms. The van der Waals surface area contributed by atoms with Crippen LogP contribution in [0.15, 0.2) is 102 Å². The Morgan fingerprint density at radius 3 is 2.20 bits per heavy atom. The number of carbonyl (C=O) groups is 3. The minimum Gasteiger partial charge on any atom is -0.481 e. The van der Waals surface area contributed by atoms with Gasteiger partial charge in [-0.1, -0.05) is 85.6 Å². The van der Waals surface area contributed by atoms with E-state index in [1.54, 1.807) is 12.1 Å². The second-order valence-electron chi connectivity index (χ2n) is 12.4. The predicted molar refractivity (Wildman–Crippen MR) is 192 cm³/mol. The monoisotopic (exact) mass is 697 g/mol. The molecule has 10 heteroatoms. The van der Waals surface area contributed by atoms with Crippen molar-refractivity contribution in [2.75, 3.05) is 5.75 Å². The van der Waals surface area contributed by atoms with Crippen LogP contribution in [0.25, 0.3) is 11.1 Å². The van der Waals surface area contributed by atoms with E-state index in [2.05, 4.69) is 11.4 Å². The average Bonchev–Trinajstić information content (AvgIpc) is 3.14. The molecule has 1 fully saturated rings. The third-order valence-electron chi connectivity index (χ3n) is 8.61. The molecule has 0 aromatic heterocycles. The lowest BCUT2D eigenvalue weighted by molar-refractivity contribution is -0.245. The van der Waals surface area contributed by atoms with E-state index in [0.717, 1.165) is 52.6 Å². The predicted octanol–water partition coefficient (Wildman–Crippen LogP) is 7.92. The molecule has 4 aromatic carbocycles. The number of aromatic carboxylic acids is 1. The lowest BCUT2D eigenvalue weighted by Gasteiger charge is -2.36. The summed E-state index contributed by atoms with van der Waals surface area (Å²) in [6, 6.07) is 30.7. The number of carboxylic acids is 2. The first kappa shape index (κ1) is 36.8. The molecule has 262 valence electrons. The van der Waals surface area contributed by atoms with Gasteiger partial charge in [0.05, 0.1) is 24.4 Å². The average molecular weight is 698 g/mol. The minimum atomic E-state index is -0.967. The van der Waals surface area contributed by atoms with Crippen molar-refractivity contribution in [2.45, 2.75) is 81.5 Å². The number of amides is 1. The van der Waals surface area contributed by atoms with Gasteiger partial charge in [0.15, 0.2) is 6.29 Å². The van der Waals surface area contributed by atoms with Crippen LogP contribution in [0.2, 0.25) is 0 Å². The molecule has 3 atom stereocenters. The van der Waals surface area contributed by atoms with Crippen LogP contribution >= 0.6 is 11.8 Å². The molecule has 50 heavy (non-hydrogen) atoms. The molecule has 1 amide bonds. The number of rotatable bonds is 17. The molecular formula is C40H43NO8S. The quantitative estimate of drug-likeness (QED) is 0.0639. The molecule has 1 heterocycles. The Kier molecular flexibility index (Phi) is 13.6. The van der Waals surface area contributed by atoms with Crippen LogP contribution in [0.1, 0.15) is 90.0 Å². The van der Waals surface area contributed by atoms with Crippen LogP contribution in [0.4, 0.5) is 0 Å². The Balaban J connectivity index is 1.26. The van der Waals surface area contributed by atoms with E-state index in [1.165, 1.54) is 11.8 Å². The molecule has 0 radical (unpaired) electrons. The number of benzene rings is 4. The number of hydrogen-bond donors (Lipinski definition) is 4. The number of ether oxygens (including phenoxy) is 2. The van der Waals surface area contributed by atoms with Crippen LogP contribution in [0.3, 0.4) is 0 Å². The van der Waals surface area contributed by atoms with Crippen molar-refractivity contribution in [1.82, 2.24) is 5.32 Å². The van der Waals surface area contributed by atoms with Crippen molar-refractivity contribution in [3.8, 4) is 11.1 Å². The molecule has 4 N–H and O–H groups in total. The highest BCUT2D eigenvalue weighted by Gasteiger charge is 2.32. The molecule has 0 saturated carbocycles. The van der Waals surface area contributed by atoms with Gasteiger partial charge in [-0.3, -0.25) is 9.59 Å². The summed E-state index contributed by atoms with van der Waals surface area (Å²) in [7, 11) is 0. The normalized spacial score (nSPS) is 17.3. The zero-order valence-corrected chi connectivity index (χ0v) is 28.6. The maximum atomic E-state index is 12.4. The van der Waals surface area contributed by atoms with Crippen LogP contribution in [0.5, 0.6) is 0 Å². The fourth-order valence-electron chi connectivity index (χ4n) is 5.90. The first-order valence-electron chi connectivity index (χ1n) is 16.9. The summed E-state index contributed by atoms with van der Waals surface area (Å²) in [5.74, 6) is -1.25. The van der Waals surface area contributed by atoms with Crippen LogP contribution in [-0.2, 0) is 32.2 Å². The Labute approximate surface area is 296 Å². The molecular weight excluding hydrogens is 655 g/mol. The number of carbonyl (C=O) groups excluding carboxylic acids is 1. The fraction of sp³-hybridized carbons (Fsp3) is 0.325. The maximum absolute atomic E-state index is 12.4. The van der Waals surface area contributed by atoms with Crippen molar-refractivity contribution < 1.29 is 39.2 Å². The summed E-state index contributed by atoms with van der Waals surface area (Å²) in [5.41, 5.74) is 5.83. The number of hydrogen-bond acceptors (Lipinski definition) is 7. The molecule has 1 aliphatic heterocycles. The second-order valence-corrected chi connectivity index (χ2v) is 13.4. The Morgan fingerprint density at radius 2 is 1.46 bits per heavy atom. The van der Waals surface area contributed by atoms with E-state index in [-0.39, 0.29) is 36.7 Å². The summed E-state index contributed by atoms with van der Waals surface area (Å²) in [4.78, 5) is 35.6. The molecule has 0 spiro atoms. The van der Waals surface area contributed by atoms with Gasteiger partial charge in [-0.05, 0) is 64.9 Å². The van der Waals surface area contributed by atoms with E-state index in [9.17, 15) is 24.6 Å². The van der Waals surface area contributed by atoms with Gasteiger partial charge in [-0.15, -0.1) is 11.8 Å². The fourth-order valence-corrected chi connectivity index (χ4v) is 6.97. The number of thioether (sulfide) groups is 1. The Morgan fingerprint density at radius 1 is 0.740 bits per heavy atom. The number of carboxylic acid groups (broad SMARTS) is 2. The number of unbranched alkanes of at least 4 members (excludes halogenated alkanes) is 3. The highest BCUT2D eigenvalue weighted by atomic mass is 32.2. The van der Waals surface area contributed by atoms with Gasteiger partial charge in [-0.25, -0.2) is 4.79 Å². The van der Waals surface area contributed by atoms with Crippen molar-refractivity contribution >= 4 is 29.6 Å². The maximum Gasteiger partial charge on any atom is 0.336 e. The van der Waals surface area contributed by atoms with Gasteiger partial charge in [0, 0.05) is 42.0 Å². The van der Waals surface area contributed by atoms with E-state index >= 15 is 0 Å². The molecule has 4 aromatic rings. The number of aliphatic hydroxyl groups is 1. The van der Waals surface area contributed by atoms with Crippen LogP contribution in [-0.4, -0.2) is 45.0 Å². The highest BCUT2D eigenvalue weighted by molar-refractivity contribution is 7.99. The van der Waals surface area contributed by atoms with E-state index in [0.29, 0.717) is 36.5 Å². The largest absolute Gasteiger partial charge is 0.481 e. The van der Waals surface area contributed by atoms with Gasteiger partial charge in [0.25, 0.3) is 0 Å². The molecule has 1 saturated heterocycles. The first-order chi connectivity index (χ1) is 24.3. The van der Waals surface area contributed by atoms with E-state index < -0.39 is 18.2 Å². The van der Waals surface area contributed by atoms with Crippen molar-refractivity contribution in [2.24, 2.45) is 0 Å². The number of aliphatic hydroxyl groups excluding tert-OH is 1. The van der Waals surface area contributed by atoms with Crippen molar-refractivity contribution in [3.63, 3.8) is 0 Å². The molecule has 9 nitrogen and oxygen atoms in total. The summed E-state index contributed by atoms with van der Waals surface area (Å²) in [6.45, 7) is 0.360. The summed E-state index contributed by atoms with van der Waals surface area (Å²) < 4.78 is 13.1. The lowest BCUT2D eigenvalue weighted by Crippen LogP contribution is -2.31. The highest BCUT2D eigenvalue weighted by Crippen LogP contribution is 2.40. The standard InChI is InChI=1S/C40H43NO8S/c42-25-27-17-19-29(20-18-27)35-23-33(26-50-36-14-6-5-13-34(36)39(46)47)48-40(49-35)32-12-8-11-31(22-32)30-10-7-9-28(21-30)24-41-37(43)15-3-1-2-4-16-38(44)45/h5-14,17-22,33,35,40,42H,1-4,15-16,23-26H2,(H,41,43)(H,44,45)(H,46,47). The zero-order chi connectivity index (χ0) is 35.3. The van der Waals surface area contributed by atoms with Crippen molar-refractivity contribution in [3.05, 3.63) is 125 Å².